The van der Waals surface area contributed by atoms with Crippen molar-refractivity contribution in [3.8, 4) is 0 Å². The Morgan fingerprint density at radius 1 is 1.05 bits per heavy atom. The first-order valence-corrected chi connectivity index (χ1v) is 7.85. The normalized spacial score (nSPS) is 27.4. The molecule has 1 fully saturated rings. The highest BCUT2D eigenvalue weighted by Gasteiger charge is 2.30. The van der Waals surface area contributed by atoms with Gasteiger partial charge in [-0.25, -0.2) is 0 Å². The van der Waals surface area contributed by atoms with Gasteiger partial charge in [-0.05, 0) is 41.5 Å². The molecule has 106 valence electrons. The van der Waals surface area contributed by atoms with Crippen molar-refractivity contribution >= 4 is 10.8 Å². The molecule has 1 N–H and O–H groups in total. The van der Waals surface area contributed by atoms with Crippen LogP contribution in [-0.4, -0.2) is 10.7 Å². The molecule has 1 saturated carbocycles. The van der Waals surface area contributed by atoms with E-state index in [4.69, 9.17) is 0 Å². The second kappa shape index (κ2) is 5.57. The van der Waals surface area contributed by atoms with Crippen LogP contribution in [0.4, 0.5) is 0 Å². The summed E-state index contributed by atoms with van der Waals surface area (Å²) in [4.78, 5) is 0. The molecule has 3 rings (SSSR count). The molecule has 0 spiro atoms. The predicted molar refractivity (Wildman–Crippen MR) is 84.9 cm³/mol. The maximum absolute atomic E-state index is 11.0. The first kappa shape index (κ1) is 13.6. The number of aliphatic hydroxyl groups is 1. The smallest absolute Gasteiger partial charge is 0.0688 e. The molecule has 1 aliphatic rings. The minimum atomic E-state index is -0.505. The van der Waals surface area contributed by atoms with Gasteiger partial charge in [0.15, 0.2) is 0 Å². The van der Waals surface area contributed by atoms with Gasteiger partial charge in [-0.2, -0.15) is 0 Å². The Morgan fingerprint density at radius 2 is 1.85 bits per heavy atom. The summed E-state index contributed by atoms with van der Waals surface area (Å²) in [5.41, 5.74) is 0.787. The van der Waals surface area contributed by atoms with Gasteiger partial charge in [0, 0.05) is 6.42 Å². The molecule has 0 aliphatic heterocycles. The summed E-state index contributed by atoms with van der Waals surface area (Å²) in [5, 5.41) is 13.5. The molecule has 2 unspecified atom stereocenters. The van der Waals surface area contributed by atoms with Gasteiger partial charge in [0.05, 0.1) is 5.60 Å². The van der Waals surface area contributed by atoms with Crippen LogP contribution in [0.15, 0.2) is 42.5 Å². The van der Waals surface area contributed by atoms with E-state index in [-0.39, 0.29) is 0 Å². The van der Waals surface area contributed by atoms with Crippen LogP contribution in [0.25, 0.3) is 10.8 Å². The topological polar surface area (TPSA) is 20.2 Å². The average Bonchev–Trinajstić information content (AvgIpc) is 2.61. The van der Waals surface area contributed by atoms with E-state index in [1.807, 2.05) is 0 Å². The molecule has 0 bridgehead atoms. The third-order valence-corrected chi connectivity index (χ3v) is 4.84. The standard InChI is InChI=1S/C19H24O/c1-15-6-5-12-19(20,13-11-15)14-17-9-4-8-16-7-2-3-10-18(16)17/h2-4,7-10,15,20H,5-6,11-14H2,1H3. The van der Waals surface area contributed by atoms with E-state index in [0.717, 1.165) is 38.0 Å². The second-order valence-electron chi connectivity index (χ2n) is 6.58. The molecular weight excluding hydrogens is 244 g/mol. The van der Waals surface area contributed by atoms with Crippen molar-refractivity contribution in [2.24, 2.45) is 5.92 Å². The Bertz CT molecular complexity index is 584. The van der Waals surface area contributed by atoms with E-state index in [9.17, 15) is 5.11 Å². The van der Waals surface area contributed by atoms with Crippen molar-refractivity contribution in [1.82, 2.24) is 0 Å². The fourth-order valence-corrected chi connectivity index (χ4v) is 3.54. The highest BCUT2D eigenvalue weighted by molar-refractivity contribution is 5.85. The zero-order valence-electron chi connectivity index (χ0n) is 12.3. The summed E-state index contributed by atoms with van der Waals surface area (Å²) in [6.07, 6.45) is 6.25. The van der Waals surface area contributed by atoms with E-state index in [0.29, 0.717) is 0 Å². The lowest BCUT2D eigenvalue weighted by atomic mass is 9.85. The summed E-state index contributed by atoms with van der Waals surface area (Å²) in [7, 11) is 0. The van der Waals surface area contributed by atoms with E-state index < -0.39 is 5.60 Å². The van der Waals surface area contributed by atoms with Gasteiger partial charge >= 0.3 is 0 Å². The first-order valence-electron chi connectivity index (χ1n) is 7.85. The van der Waals surface area contributed by atoms with E-state index in [1.54, 1.807) is 0 Å². The van der Waals surface area contributed by atoms with E-state index in [1.165, 1.54) is 22.8 Å². The Kier molecular flexibility index (Phi) is 3.80. The van der Waals surface area contributed by atoms with Crippen LogP contribution in [-0.2, 0) is 6.42 Å². The van der Waals surface area contributed by atoms with Crippen molar-refractivity contribution in [2.45, 2.75) is 51.0 Å². The van der Waals surface area contributed by atoms with Gasteiger partial charge < -0.3 is 5.11 Å². The molecular formula is C19H24O. The number of benzene rings is 2. The van der Waals surface area contributed by atoms with Crippen molar-refractivity contribution in [3.63, 3.8) is 0 Å². The van der Waals surface area contributed by atoms with Crippen LogP contribution in [0.1, 0.15) is 44.6 Å². The molecule has 0 aromatic heterocycles. The molecule has 0 saturated heterocycles. The van der Waals surface area contributed by atoms with Gasteiger partial charge in [0.2, 0.25) is 0 Å². The highest BCUT2D eigenvalue weighted by Crippen LogP contribution is 2.34. The average molecular weight is 268 g/mol. The summed E-state index contributed by atoms with van der Waals surface area (Å²) >= 11 is 0. The van der Waals surface area contributed by atoms with Crippen molar-refractivity contribution < 1.29 is 5.11 Å². The fraction of sp³-hybridized carbons (Fsp3) is 0.474. The molecule has 2 aromatic rings. The largest absolute Gasteiger partial charge is 0.390 e. The minimum absolute atomic E-state index is 0.505. The Balaban J connectivity index is 1.88. The first-order chi connectivity index (χ1) is 9.66. The molecule has 1 nitrogen and oxygen atoms in total. The van der Waals surface area contributed by atoms with E-state index >= 15 is 0 Å². The number of rotatable bonds is 2. The zero-order chi connectivity index (χ0) is 14.0. The second-order valence-corrected chi connectivity index (χ2v) is 6.58. The number of hydrogen-bond donors (Lipinski definition) is 1. The quantitative estimate of drug-likeness (QED) is 0.782. The van der Waals surface area contributed by atoms with Crippen LogP contribution in [0.5, 0.6) is 0 Å². The number of hydrogen-bond acceptors (Lipinski definition) is 1. The molecule has 20 heavy (non-hydrogen) atoms. The molecule has 0 amide bonds. The SMILES string of the molecule is CC1CCCC(O)(Cc2cccc3ccccc23)CC1. The van der Waals surface area contributed by atoms with Crippen LogP contribution < -0.4 is 0 Å². The van der Waals surface area contributed by atoms with Crippen LogP contribution >= 0.6 is 0 Å². The molecule has 0 radical (unpaired) electrons. The van der Waals surface area contributed by atoms with Crippen molar-refractivity contribution in [2.75, 3.05) is 0 Å². The monoisotopic (exact) mass is 268 g/mol. The molecule has 1 aliphatic carbocycles. The zero-order valence-corrected chi connectivity index (χ0v) is 12.3. The summed E-state index contributed by atoms with van der Waals surface area (Å²) in [6.45, 7) is 2.31. The minimum Gasteiger partial charge on any atom is -0.390 e. The fourth-order valence-electron chi connectivity index (χ4n) is 3.54. The van der Waals surface area contributed by atoms with Gasteiger partial charge in [0.1, 0.15) is 0 Å². The lowest BCUT2D eigenvalue weighted by molar-refractivity contribution is 0.0247. The van der Waals surface area contributed by atoms with E-state index in [2.05, 4.69) is 49.4 Å². The third kappa shape index (κ3) is 2.88. The van der Waals surface area contributed by atoms with Crippen LogP contribution in [0.2, 0.25) is 0 Å². The Morgan fingerprint density at radius 3 is 2.75 bits per heavy atom. The summed E-state index contributed by atoms with van der Waals surface area (Å²) < 4.78 is 0. The van der Waals surface area contributed by atoms with Crippen LogP contribution in [0.3, 0.4) is 0 Å². The third-order valence-electron chi connectivity index (χ3n) is 4.84. The van der Waals surface area contributed by atoms with Crippen LogP contribution in [0, 0.1) is 5.92 Å². The maximum Gasteiger partial charge on any atom is 0.0688 e. The lowest BCUT2D eigenvalue weighted by Crippen LogP contribution is -2.30. The highest BCUT2D eigenvalue weighted by atomic mass is 16.3. The predicted octanol–water partition coefficient (Wildman–Crippen LogP) is 4.71. The van der Waals surface area contributed by atoms with Gasteiger partial charge in [-0.15, -0.1) is 0 Å². The Labute approximate surface area is 121 Å². The Hall–Kier alpha value is -1.34. The molecule has 2 atom stereocenters. The molecule has 0 heterocycles. The maximum atomic E-state index is 11.0. The van der Waals surface area contributed by atoms with Gasteiger partial charge in [0.25, 0.3) is 0 Å². The summed E-state index contributed by atoms with van der Waals surface area (Å²) in [6, 6.07) is 14.9. The van der Waals surface area contributed by atoms with Crippen molar-refractivity contribution in [1.29, 1.82) is 0 Å². The van der Waals surface area contributed by atoms with Gasteiger partial charge in [-0.3, -0.25) is 0 Å². The molecule has 1 heteroatoms. The van der Waals surface area contributed by atoms with Gasteiger partial charge in [-0.1, -0.05) is 62.2 Å². The number of fused-ring (bicyclic) bond motifs is 1. The summed E-state index contributed by atoms with van der Waals surface area (Å²) in [5.74, 6) is 0.761. The molecule has 2 aromatic carbocycles. The van der Waals surface area contributed by atoms with Crippen molar-refractivity contribution in [3.05, 3.63) is 48.0 Å². The lowest BCUT2D eigenvalue weighted by Gasteiger charge is -2.27.